The highest BCUT2D eigenvalue weighted by molar-refractivity contribution is 7.99. The van der Waals surface area contributed by atoms with Crippen molar-refractivity contribution < 1.29 is 4.79 Å². The van der Waals surface area contributed by atoms with Gasteiger partial charge in [-0.05, 0) is 36.2 Å². The van der Waals surface area contributed by atoms with Gasteiger partial charge in [-0.1, -0.05) is 12.1 Å². The second-order valence-corrected chi connectivity index (χ2v) is 7.68. The number of pyridine rings is 1. The Balaban J connectivity index is 1.36. The van der Waals surface area contributed by atoms with E-state index in [2.05, 4.69) is 37.3 Å². The molecule has 0 spiro atoms. The van der Waals surface area contributed by atoms with Gasteiger partial charge in [0.1, 0.15) is 11.2 Å². The molecule has 3 aromatic rings. The lowest BCUT2D eigenvalue weighted by atomic mass is 10.1. The van der Waals surface area contributed by atoms with Gasteiger partial charge in [-0.25, -0.2) is 9.97 Å². The summed E-state index contributed by atoms with van der Waals surface area (Å²) < 4.78 is 0. The van der Waals surface area contributed by atoms with Gasteiger partial charge in [-0.2, -0.15) is 11.8 Å². The van der Waals surface area contributed by atoms with Crippen molar-refractivity contribution in [3.05, 3.63) is 60.0 Å². The van der Waals surface area contributed by atoms with Crippen molar-refractivity contribution in [3.8, 4) is 0 Å². The summed E-state index contributed by atoms with van der Waals surface area (Å²) in [5.41, 5.74) is 3.52. The molecule has 1 fully saturated rings. The molecule has 0 saturated carbocycles. The molecule has 0 bridgehead atoms. The number of amides is 1. The first kappa shape index (κ1) is 17.9. The smallest absolute Gasteiger partial charge is 0.274 e. The van der Waals surface area contributed by atoms with Crippen LogP contribution in [0.1, 0.15) is 16.1 Å². The van der Waals surface area contributed by atoms with E-state index in [1.165, 1.54) is 30.2 Å². The minimum Gasteiger partial charge on any atom is -0.321 e. The van der Waals surface area contributed by atoms with Crippen LogP contribution in [0.4, 0.5) is 5.69 Å². The number of hydrogen-bond acceptors (Lipinski definition) is 6. The average molecular weight is 379 g/mol. The number of anilines is 1. The average Bonchev–Trinajstić information content (AvgIpc) is 2.73. The predicted molar refractivity (Wildman–Crippen MR) is 109 cm³/mol. The van der Waals surface area contributed by atoms with E-state index >= 15 is 0 Å². The Bertz CT molecular complexity index is 925. The van der Waals surface area contributed by atoms with E-state index in [1.54, 1.807) is 24.5 Å². The van der Waals surface area contributed by atoms with Crippen LogP contribution in [0.3, 0.4) is 0 Å². The van der Waals surface area contributed by atoms with Crippen molar-refractivity contribution in [2.24, 2.45) is 0 Å². The molecule has 1 aromatic carbocycles. The van der Waals surface area contributed by atoms with Crippen LogP contribution >= 0.6 is 11.8 Å². The molecule has 2 aromatic heterocycles. The number of nitrogens with zero attached hydrogens (tertiary/aromatic N) is 4. The fourth-order valence-corrected chi connectivity index (χ4v) is 4.02. The number of fused-ring (bicyclic) bond motifs is 1. The number of carbonyl (C=O) groups is 1. The van der Waals surface area contributed by atoms with Gasteiger partial charge in [-0.3, -0.25) is 9.78 Å². The minimum absolute atomic E-state index is 0.249. The number of carbonyl (C=O) groups excluding carboxylic acids is 1. The van der Waals surface area contributed by atoms with Crippen molar-refractivity contribution >= 4 is 34.5 Å². The number of thioether (sulfide) groups is 1. The molecule has 0 radical (unpaired) electrons. The van der Waals surface area contributed by atoms with Gasteiger partial charge in [0.05, 0.1) is 0 Å². The summed E-state index contributed by atoms with van der Waals surface area (Å²) in [6.45, 7) is 3.46. The SMILES string of the molecule is O=C(Nc1ccc(CCN2CCSCC2)cc1)c1ccc2nccnc2n1. The third kappa shape index (κ3) is 4.61. The molecule has 3 heterocycles. The van der Waals surface area contributed by atoms with E-state index in [-0.39, 0.29) is 5.91 Å². The molecular formula is C20H21N5OS. The van der Waals surface area contributed by atoms with Crippen molar-refractivity contribution in [2.45, 2.75) is 6.42 Å². The lowest BCUT2D eigenvalue weighted by Crippen LogP contribution is -2.34. The van der Waals surface area contributed by atoms with Crippen molar-refractivity contribution in [2.75, 3.05) is 36.5 Å². The maximum atomic E-state index is 12.4. The highest BCUT2D eigenvalue weighted by Gasteiger charge is 2.11. The first-order chi connectivity index (χ1) is 13.3. The van der Waals surface area contributed by atoms with E-state index < -0.39 is 0 Å². The minimum atomic E-state index is -0.249. The summed E-state index contributed by atoms with van der Waals surface area (Å²) in [6, 6.07) is 11.5. The first-order valence-electron chi connectivity index (χ1n) is 9.06. The van der Waals surface area contributed by atoms with E-state index in [9.17, 15) is 4.79 Å². The highest BCUT2D eigenvalue weighted by Crippen LogP contribution is 2.14. The summed E-state index contributed by atoms with van der Waals surface area (Å²) in [5.74, 6) is 2.22. The molecule has 0 atom stereocenters. The van der Waals surface area contributed by atoms with Gasteiger partial charge < -0.3 is 10.2 Å². The number of benzene rings is 1. The van der Waals surface area contributed by atoms with E-state index in [1.807, 2.05) is 23.9 Å². The first-order valence-corrected chi connectivity index (χ1v) is 10.2. The van der Waals surface area contributed by atoms with Crippen LogP contribution in [0.15, 0.2) is 48.8 Å². The number of hydrogen-bond donors (Lipinski definition) is 1. The molecule has 1 saturated heterocycles. The maximum absolute atomic E-state index is 12.4. The highest BCUT2D eigenvalue weighted by atomic mass is 32.2. The zero-order chi connectivity index (χ0) is 18.5. The number of rotatable bonds is 5. The van der Waals surface area contributed by atoms with Crippen molar-refractivity contribution in [1.29, 1.82) is 0 Å². The van der Waals surface area contributed by atoms with Gasteiger partial charge >= 0.3 is 0 Å². The summed E-state index contributed by atoms with van der Waals surface area (Å²) in [5, 5.41) is 2.89. The topological polar surface area (TPSA) is 71.0 Å². The fraction of sp³-hybridized carbons (Fsp3) is 0.300. The Hall–Kier alpha value is -2.51. The fourth-order valence-electron chi connectivity index (χ4n) is 3.04. The largest absolute Gasteiger partial charge is 0.321 e. The monoisotopic (exact) mass is 379 g/mol. The Morgan fingerprint density at radius 1 is 1.04 bits per heavy atom. The van der Waals surface area contributed by atoms with Crippen LogP contribution < -0.4 is 5.32 Å². The summed E-state index contributed by atoms with van der Waals surface area (Å²) in [7, 11) is 0. The summed E-state index contributed by atoms with van der Waals surface area (Å²) in [4.78, 5) is 27.5. The van der Waals surface area contributed by atoms with Gasteiger partial charge in [0.25, 0.3) is 5.91 Å². The Morgan fingerprint density at radius 3 is 2.63 bits per heavy atom. The van der Waals surface area contributed by atoms with Gasteiger partial charge in [0.2, 0.25) is 0 Å². The summed E-state index contributed by atoms with van der Waals surface area (Å²) in [6.07, 6.45) is 4.21. The number of nitrogens with one attached hydrogen (secondary N) is 1. The van der Waals surface area contributed by atoms with Crippen LogP contribution in [0.25, 0.3) is 11.2 Å². The van der Waals surface area contributed by atoms with Gasteiger partial charge in [0.15, 0.2) is 5.65 Å². The van der Waals surface area contributed by atoms with Gasteiger partial charge in [0, 0.05) is 49.2 Å². The molecule has 1 N–H and O–H groups in total. The number of aromatic nitrogens is 3. The van der Waals surface area contributed by atoms with Crippen LogP contribution in [0.2, 0.25) is 0 Å². The molecule has 1 aliphatic heterocycles. The molecule has 7 heteroatoms. The Labute approximate surface area is 162 Å². The molecule has 138 valence electrons. The normalized spacial score (nSPS) is 15.0. The molecular weight excluding hydrogens is 358 g/mol. The molecule has 1 aliphatic rings. The summed E-state index contributed by atoms with van der Waals surface area (Å²) >= 11 is 2.03. The molecule has 27 heavy (non-hydrogen) atoms. The van der Waals surface area contributed by atoms with Gasteiger partial charge in [-0.15, -0.1) is 0 Å². The maximum Gasteiger partial charge on any atom is 0.274 e. The second kappa shape index (κ2) is 8.45. The van der Waals surface area contributed by atoms with E-state index in [4.69, 9.17) is 0 Å². The lowest BCUT2D eigenvalue weighted by Gasteiger charge is -2.26. The van der Waals surface area contributed by atoms with Crippen LogP contribution in [0, 0.1) is 0 Å². The zero-order valence-electron chi connectivity index (χ0n) is 15.0. The van der Waals surface area contributed by atoms with Crippen LogP contribution in [-0.4, -0.2) is 56.9 Å². The third-order valence-corrected chi connectivity index (χ3v) is 5.54. The Morgan fingerprint density at radius 2 is 1.81 bits per heavy atom. The molecule has 6 nitrogen and oxygen atoms in total. The zero-order valence-corrected chi connectivity index (χ0v) is 15.8. The van der Waals surface area contributed by atoms with E-state index in [0.29, 0.717) is 16.9 Å². The predicted octanol–water partition coefficient (Wildman–Crippen LogP) is 2.87. The standard InChI is InChI=1S/C20H21N5OS/c26-20(18-6-5-17-19(24-18)22-9-8-21-17)23-16-3-1-15(2-4-16)7-10-25-11-13-27-14-12-25/h1-6,8-9H,7,10-14H2,(H,23,26). The molecule has 0 aliphatic carbocycles. The lowest BCUT2D eigenvalue weighted by molar-refractivity contribution is 0.102. The third-order valence-electron chi connectivity index (χ3n) is 4.60. The molecule has 1 amide bonds. The van der Waals surface area contributed by atoms with Crippen molar-refractivity contribution in [3.63, 3.8) is 0 Å². The molecule has 0 unspecified atom stereocenters. The van der Waals surface area contributed by atoms with Crippen LogP contribution in [0.5, 0.6) is 0 Å². The molecule has 4 rings (SSSR count). The van der Waals surface area contributed by atoms with Crippen LogP contribution in [-0.2, 0) is 6.42 Å². The quantitative estimate of drug-likeness (QED) is 0.735. The second-order valence-electron chi connectivity index (χ2n) is 6.45. The van der Waals surface area contributed by atoms with Crippen molar-refractivity contribution in [1.82, 2.24) is 19.9 Å². The van der Waals surface area contributed by atoms with E-state index in [0.717, 1.165) is 18.7 Å². The Kier molecular flexibility index (Phi) is 5.60.